The number of amides is 1. The van der Waals surface area contributed by atoms with Crippen LogP contribution in [0.25, 0.3) is 22.0 Å². The summed E-state index contributed by atoms with van der Waals surface area (Å²) >= 11 is 0. The average Bonchev–Trinajstić information content (AvgIpc) is 3.34. The number of piperazine rings is 1. The first kappa shape index (κ1) is 21.3. The van der Waals surface area contributed by atoms with Crippen molar-refractivity contribution in [1.82, 2.24) is 14.4 Å². The second-order valence-corrected chi connectivity index (χ2v) is 9.73. The molecule has 1 fully saturated rings. The van der Waals surface area contributed by atoms with E-state index in [1.54, 1.807) is 30.3 Å². The van der Waals surface area contributed by atoms with Crippen molar-refractivity contribution in [3.8, 4) is 11.3 Å². The molecular formula is C24H20FN3O4S. The average molecular weight is 466 g/mol. The summed E-state index contributed by atoms with van der Waals surface area (Å²) in [6, 6.07) is 20.0. The second-order valence-electron chi connectivity index (χ2n) is 7.79. The van der Waals surface area contributed by atoms with E-state index in [4.69, 9.17) is 4.52 Å². The molecule has 0 unspecified atom stereocenters. The number of hydrogen-bond acceptors (Lipinski definition) is 5. The van der Waals surface area contributed by atoms with Crippen molar-refractivity contribution in [3.63, 3.8) is 0 Å². The first-order chi connectivity index (χ1) is 15.9. The Bertz CT molecular complexity index is 1440. The van der Waals surface area contributed by atoms with Gasteiger partial charge in [0.25, 0.3) is 5.91 Å². The van der Waals surface area contributed by atoms with Crippen LogP contribution in [0.15, 0.2) is 82.2 Å². The minimum atomic E-state index is -3.68. The Labute approximate surface area is 190 Å². The maximum atomic E-state index is 13.5. The molecule has 1 saturated heterocycles. The molecule has 1 aromatic heterocycles. The Kier molecular flexibility index (Phi) is 5.43. The largest absolute Gasteiger partial charge is 0.350 e. The maximum Gasteiger partial charge on any atom is 0.292 e. The van der Waals surface area contributed by atoms with Gasteiger partial charge in [0.2, 0.25) is 15.8 Å². The van der Waals surface area contributed by atoms with Crippen molar-refractivity contribution in [2.45, 2.75) is 4.90 Å². The van der Waals surface area contributed by atoms with Crippen LogP contribution in [0, 0.1) is 5.82 Å². The number of nitrogens with zero attached hydrogens (tertiary/aromatic N) is 3. The molecule has 0 bridgehead atoms. The van der Waals surface area contributed by atoms with Crippen LogP contribution < -0.4 is 0 Å². The molecule has 2 heterocycles. The number of hydrogen-bond donors (Lipinski definition) is 0. The van der Waals surface area contributed by atoms with Crippen LogP contribution in [0.4, 0.5) is 4.39 Å². The molecule has 1 aliphatic rings. The number of aromatic nitrogens is 1. The molecule has 1 aliphatic heterocycles. The van der Waals surface area contributed by atoms with Crippen molar-refractivity contribution in [1.29, 1.82) is 0 Å². The minimum absolute atomic E-state index is 0.0279. The van der Waals surface area contributed by atoms with Crippen molar-refractivity contribution < 1.29 is 22.1 Å². The first-order valence-corrected chi connectivity index (χ1v) is 11.9. The molecule has 0 spiro atoms. The number of benzene rings is 3. The lowest BCUT2D eigenvalue weighted by Gasteiger charge is -2.33. The zero-order valence-electron chi connectivity index (χ0n) is 17.5. The lowest BCUT2D eigenvalue weighted by molar-refractivity contribution is 0.0656. The van der Waals surface area contributed by atoms with E-state index in [0.29, 0.717) is 11.3 Å². The molecule has 0 saturated carbocycles. The molecule has 7 nitrogen and oxygen atoms in total. The molecule has 1 amide bonds. The van der Waals surface area contributed by atoms with E-state index in [1.165, 1.54) is 27.4 Å². The Morgan fingerprint density at radius 1 is 0.879 bits per heavy atom. The number of carbonyl (C=O) groups excluding carboxylic acids is 1. The summed E-state index contributed by atoms with van der Waals surface area (Å²) in [6.45, 7) is 0.793. The Morgan fingerprint density at radius 3 is 2.39 bits per heavy atom. The van der Waals surface area contributed by atoms with Crippen LogP contribution in [0.1, 0.15) is 10.6 Å². The third kappa shape index (κ3) is 4.12. The van der Waals surface area contributed by atoms with Crippen molar-refractivity contribution in [2.24, 2.45) is 0 Å². The van der Waals surface area contributed by atoms with E-state index in [1.807, 2.05) is 24.3 Å². The fraction of sp³-hybridized carbons (Fsp3) is 0.167. The predicted octanol–water partition coefficient (Wildman–Crippen LogP) is 3.78. The van der Waals surface area contributed by atoms with E-state index < -0.39 is 15.8 Å². The molecule has 9 heteroatoms. The highest BCUT2D eigenvalue weighted by Gasteiger charge is 2.31. The zero-order valence-corrected chi connectivity index (χ0v) is 18.3. The quantitative estimate of drug-likeness (QED) is 0.458. The monoisotopic (exact) mass is 465 g/mol. The number of carbonyl (C=O) groups is 1. The van der Waals surface area contributed by atoms with Gasteiger partial charge >= 0.3 is 0 Å². The van der Waals surface area contributed by atoms with Crippen molar-refractivity contribution in [3.05, 3.63) is 84.4 Å². The van der Waals surface area contributed by atoms with E-state index in [0.717, 1.165) is 10.8 Å². The summed E-state index contributed by atoms with van der Waals surface area (Å²) in [7, 11) is -3.68. The summed E-state index contributed by atoms with van der Waals surface area (Å²) in [6.07, 6.45) is 0. The first-order valence-electron chi connectivity index (χ1n) is 10.4. The third-order valence-corrected chi connectivity index (χ3v) is 7.62. The van der Waals surface area contributed by atoms with Crippen LogP contribution in [0.2, 0.25) is 0 Å². The lowest BCUT2D eigenvalue weighted by atomic mass is 10.1. The Balaban J connectivity index is 1.28. The van der Waals surface area contributed by atoms with Gasteiger partial charge in [-0.05, 0) is 35.0 Å². The van der Waals surface area contributed by atoms with Crippen molar-refractivity contribution >= 4 is 26.7 Å². The predicted molar refractivity (Wildman–Crippen MR) is 121 cm³/mol. The van der Waals surface area contributed by atoms with Crippen LogP contribution in [0.5, 0.6) is 0 Å². The van der Waals surface area contributed by atoms with Gasteiger partial charge in [0, 0.05) is 37.8 Å². The summed E-state index contributed by atoms with van der Waals surface area (Å²) in [4.78, 5) is 14.6. The molecule has 33 heavy (non-hydrogen) atoms. The van der Waals surface area contributed by atoms with Gasteiger partial charge in [-0.25, -0.2) is 12.8 Å². The highest BCUT2D eigenvalue weighted by molar-refractivity contribution is 7.89. The third-order valence-electron chi connectivity index (χ3n) is 5.73. The van der Waals surface area contributed by atoms with Gasteiger partial charge in [-0.1, -0.05) is 47.6 Å². The summed E-state index contributed by atoms with van der Waals surface area (Å²) < 4.78 is 46.3. The van der Waals surface area contributed by atoms with Gasteiger partial charge in [0.05, 0.1) is 4.90 Å². The summed E-state index contributed by atoms with van der Waals surface area (Å²) in [5, 5.41) is 5.69. The molecule has 168 valence electrons. The number of fused-ring (bicyclic) bond motifs is 1. The Hall–Kier alpha value is -3.56. The highest BCUT2D eigenvalue weighted by Crippen LogP contribution is 2.24. The summed E-state index contributed by atoms with van der Waals surface area (Å²) in [5.74, 6) is -0.764. The van der Waals surface area contributed by atoms with Gasteiger partial charge < -0.3 is 9.42 Å². The number of sulfonamides is 1. The van der Waals surface area contributed by atoms with Gasteiger partial charge in [-0.2, -0.15) is 4.31 Å². The minimum Gasteiger partial charge on any atom is -0.350 e. The molecule has 5 rings (SSSR count). The molecular weight excluding hydrogens is 445 g/mol. The fourth-order valence-electron chi connectivity index (χ4n) is 3.92. The zero-order chi connectivity index (χ0) is 23.0. The second kappa shape index (κ2) is 8.42. The van der Waals surface area contributed by atoms with Crippen LogP contribution in [0.3, 0.4) is 0 Å². The normalized spacial score (nSPS) is 15.1. The molecule has 0 atom stereocenters. The van der Waals surface area contributed by atoms with E-state index in [2.05, 4.69) is 5.16 Å². The van der Waals surface area contributed by atoms with Gasteiger partial charge in [-0.3, -0.25) is 4.79 Å². The van der Waals surface area contributed by atoms with Crippen LogP contribution >= 0.6 is 0 Å². The summed E-state index contributed by atoms with van der Waals surface area (Å²) in [5.41, 5.74) is 0.861. The lowest BCUT2D eigenvalue weighted by Crippen LogP contribution is -2.50. The molecule has 3 aromatic carbocycles. The molecule has 0 radical (unpaired) electrons. The number of halogens is 1. The SMILES string of the molecule is O=C(c1cc(-c2cccc(F)c2)no1)N1CCN(S(=O)(=O)c2ccc3ccccc3c2)CC1. The maximum absolute atomic E-state index is 13.5. The molecule has 4 aromatic rings. The highest BCUT2D eigenvalue weighted by atomic mass is 32.2. The Morgan fingerprint density at radius 2 is 1.64 bits per heavy atom. The number of rotatable bonds is 4. The van der Waals surface area contributed by atoms with Gasteiger partial charge in [0.1, 0.15) is 11.5 Å². The van der Waals surface area contributed by atoms with Crippen LogP contribution in [-0.4, -0.2) is 54.9 Å². The fourth-order valence-corrected chi connectivity index (χ4v) is 5.38. The smallest absolute Gasteiger partial charge is 0.292 e. The topological polar surface area (TPSA) is 83.7 Å². The molecule has 0 aliphatic carbocycles. The van der Waals surface area contributed by atoms with E-state index in [9.17, 15) is 17.6 Å². The van der Waals surface area contributed by atoms with Gasteiger partial charge in [-0.15, -0.1) is 0 Å². The molecule has 0 N–H and O–H groups in total. The van der Waals surface area contributed by atoms with Crippen LogP contribution in [-0.2, 0) is 10.0 Å². The standard InChI is InChI=1S/C24H20FN3O4S/c25-20-7-3-6-19(14-20)22-16-23(32-26-22)24(29)27-10-12-28(13-11-27)33(30,31)21-9-8-17-4-1-2-5-18(17)15-21/h1-9,14-16H,10-13H2. The van der Waals surface area contributed by atoms with Gasteiger partial charge in [0.15, 0.2) is 0 Å². The van der Waals surface area contributed by atoms with Crippen molar-refractivity contribution in [2.75, 3.05) is 26.2 Å². The van der Waals surface area contributed by atoms with E-state index >= 15 is 0 Å². The van der Waals surface area contributed by atoms with E-state index in [-0.39, 0.29) is 42.7 Å².